The number of ether oxygens (including phenoxy) is 2. The molecule has 0 aromatic carbocycles. The van der Waals surface area contributed by atoms with Crippen molar-refractivity contribution in [2.75, 3.05) is 13.2 Å². The predicted octanol–water partition coefficient (Wildman–Crippen LogP) is 7.77. The normalized spacial score (nSPS) is 11.0. The minimum Gasteiger partial charge on any atom is -0.468 e. The van der Waals surface area contributed by atoms with Crippen LogP contribution in [0.25, 0.3) is 0 Å². The summed E-state index contributed by atoms with van der Waals surface area (Å²) in [6.07, 6.45) is 22.3. The lowest BCUT2D eigenvalue weighted by Gasteiger charge is -2.16. The van der Waals surface area contributed by atoms with Crippen LogP contribution in [0.15, 0.2) is 0 Å². The number of unbranched alkanes of at least 4 members (excludes halogenated alkanes) is 14. The van der Waals surface area contributed by atoms with Crippen LogP contribution in [-0.4, -0.2) is 25.7 Å². The standard InChI is InChI=1S/C26H50O4/c1-3-5-7-9-12-16-20-25(21-17-13-10-8-6-4-2)26(28)30-23-19-15-11-14-18-22-29-24-27/h24-25H,3-23H2,1-2H3. The highest BCUT2D eigenvalue weighted by molar-refractivity contribution is 5.72. The number of rotatable bonds is 24. The van der Waals surface area contributed by atoms with E-state index in [1.54, 1.807) is 0 Å². The maximum atomic E-state index is 12.6. The molecule has 0 radical (unpaired) electrons. The van der Waals surface area contributed by atoms with Gasteiger partial charge in [-0.2, -0.15) is 0 Å². The molecule has 0 aliphatic carbocycles. The van der Waals surface area contributed by atoms with Crippen LogP contribution in [-0.2, 0) is 19.1 Å². The SMILES string of the molecule is CCCCCCCCC(CCCCCCCC)C(=O)OCCCCCCCOC=O. The van der Waals surface area contributed by atoms with Crippen LogP contribution in [0.4, 0.5) is 0 Å². The van der Waals surface area contributed by atoms with Crippen molar-refractivity contribution in [1.82, 2.24) is 0 Å². The van der Waals surface area contributed by atoms with Gasteiger partial charge < -0.3 is 9.47 Å². The van der Waals surface area contributed by atoms with Crippen LogP contribution in [0.3, 0.4) is 0 Å². The zero-order valence-electron chi connectivity index (χ0n) is 20.1. The summed E-state index contributed by atoms with van der Waals surface area (Å²) >= 11 is 0. The number of hydrogen-bond acceptors (Lipinski definition) is 4. The van der Waals surface area contributed by atoms with Gasteiger partial charge in [0.2, 0.25) is 0 Å². The molecule has 0 rings (SSSR count). The molecule has 30 heavy (non-hydrogen) atoms. The molecule has 4 heteroatoms. The summed E-state index contributed by atoms with van der Waals surface area (Å²) in [7, 11) is 0. The zero-order chi connectivity index (χ0) is 22.1. The monoisotopic (exact) mass is 426 g/mol. The van der Waals surface area contributed by atoms with Crippen molar-refractivity contribution in [3.05, 3.63) is 0 Å². The van der Waals surface area contributed by atoms with Gasteiger partial charge in [0.25, 0.3) is 6.47 Å². The van der Waals surface area contributed by atoms with E-state index >= 15 is 0 Å². The third-order valence-corrected chi connectivity index (χ3v) is 5.86. The van der Waals surface area contributed by atoms with E-state index in [0.29, 0.717) is 19.7 Å². The highest BCUT2D eigenvalue weighted by atomic mass is 16.5. The second kappa shape index (κ2) is 24.2. The van der Waals surface area contributed by atoms with E-state index in [4.69, 9.17) is 4.74 Å². The molecule has 0 heterocycles. The van der Waals surface area contributed by atoms with Crippen molar-refractivity contribution < 1.29 is 19.1 Å². The summed E-state index contributed by atoms with van der Waals surface area (Å²) in [6, 6.07) is 0. The molecule has 0 aliphatic heterocycles. The molecule has 0 atom stereocenters. The van der Waals surface area contributed by atoms with Crippen molar-refractivity contribution >= 4 is 12.4 Å². The highest BCUT2D eigenvalue weighted by Crippen LogP contribution is 2.21. The second-order valence-corrected chi connectivity index (χ2v) is 8.71. The van der Waals surface area contributed by atoms with Gasteiger partial charge in [-0.25, -0.2) is 0 Å². The summed E-state index contributed by atoms with van der Waals surface area (Å²) in [5.41, 5.74) is 0. The van der Waals surface area contributed by atoms with Gasteiger partial charge in [0.05, 0.1) is 19.1 Å². The van der Waals surface area contributed by atoms with Crippen molar-refractivity contribution in [2.45, 2.75) is 136 Å². The molecule has 0 saturated carbocycles. The molecule has 0 amide bonds. The first-order valence-electron chi connectivity index (χ1n) is 13.0. The van der Waals surface area contributed by atoms with Crippen molar-refractivity contribution in [2.24, 2.45) is 5.92 Å². The van der Waals surface area contributed by atoms with Gasteiger partial charge in [-0.15, -0.1) is 0 Å². The summed E-state index contributed by atoms with van der Waals surface area (Å²) in [5, 5.41) is 0. The molecule has 0 aromatic heterocycles. The maximum Gasteiger partial charge on any atom is 0.308 e. The summed E-state index contributed by atoms with van der Waals surface area (Å²) < 4.78 is 10.3. The number of carbonyl (C=O) groups is 2. The average Bonchev–Trinajstić information content (AvgIpc) is 2.75. The van der Waals surface area contributed by atoms with Gasteiger partial charge >= 0.3 is 5.97 Å². The zero-order valence-corrected chi connectivity index (χ0v) is 20.1. The third-order valence-electron chi connectivity index (χ3n) is 5.86. The molecule has 178 valence electrons. The number of hydrogen-bond donors (Lipinski definition) is 0. The fourth-order valence-electron chi connectivity index (χ4n) is 3.88. The van der Waals surface area contributed by atoms with E-state index in [9.17, 15) is 9.59 Å². The van der Waals surface area contributed by atoms with Crippen LogP contribution in [0, 0.1) is 5.92 Å². The van der Waals surface area contributed by atoms with Crippen molar-refractivity contribution in [3.8, 4) is 0 Å². The Hall–Kier alpha value is -1.06. The lowest BCUT2D eigenvalue weighted by atomic mass is 9.94. The van der Waals surface area contributed by atoms with E-state index in [0.717, 1.165) is 57.8 Å². The fraction of sp³-hybridized carbons (Fsp3) is 0.923. The molecule has 0 saturated heterocycles. The Morgan fingerprint density at radius 1 is 0.633 bits per heavy atom. The first-order valence-corrected chi connectivity index (χ1v) is 13.0. The minimum absolute atomic E-state index is 0.0384. The van der Waals surface area contributed by atoms with E-state index in [2.05, 4.69) is 18.6 Å². The van der Waals surface area contributed by atoms with E-state index in [-0.39, 0.29) is 11.9 Å². The fourth-order valence-corrected chi connectivity index (χ4v) is 3.88. The van der Waals surface area contributed by atoms with Crippen LogP contribution >= 0.6 is 0 Å². The van der Waals surface area contributed by atoms with Gasteiger partial charge in [0.15, 0.2) is 0 Å². The Kier molecular flexibility index (Phi) is 23.4. The Balaban J connectivity index is 3.99. The average molecular weight is 427 g/mol. The van der Waals surface area contributed by atoms with Gasteiger partial charge in [-0.05, 0) is 25.7 Å². The molecule has 4 nitrogen and oxygen atoms in total. The van der Waals surface area contributed by atoms with Gasteiger partial charge in [0, 0.05) is 0 Å². The van der Waals surface area contributed by atoms with E-state index in [1.165, 1.54) is 64.2 Å². The minimum atomic E-state index is 0.0384. The third kappa shape index (κ3) is 20.2. The Bertz CT molecular complexity index is 354. The quantitative estimate of drug-likeness (QED) is 0.0898. The molecule has 0 spiro atoms. The van der Waals surface area contributed by atoms with Crippen LogP contribution in [0.1, 0.15) is 136 Å². The summed E-state index contributed by atoms with van der Waals surface area (Å²) in [6.45, 7) is 6.06. The Morgan fingerprint density at radius 3 is 1.57 bits per heavy atom. The molecular weight excluding hydrogens is 376 g/mol. The van der Waals surface area contributed by atoms with E-state index < -0.39 is 0 Å². The molecule has 0 bridgehead atoms. The molecule has 0 aliphatic rings. The van der Waals surface area contributed by atoms with Crippen LogP contribution in [0.2, 0.25) is 0 Å². The summed E-state index contributed by atoms with van der Waals surface area (Å²) in [4.78, 5) is 22.7. The number of esters is 1. The first kappa shape index (κ1) is 28.9. The largest absolute Gasteiger partial charge is 0.468 e. The molecule has 0 fully saturated rings. The lowest BCUT2D eigenvalue weighted by Crippen LogP contribution is -2.18. The highest BCUT2D eigenvalue weighted by Gasteiger charge is 2.19. The Morgan fingerprint density at radius 2 is 1.07 bits per heavy atom. The molecular formula is C26H50O4. The topological polar surface area (TPSA) is 52.6 Å². The van der Waals surface area contributed by atoms with E-state index in [1.807, 2.05) is 0 Å². The van der Waals surface area contributed by atoms with Gasteiger partial charge in [-0.1, -0.05) is 110 Å². The van der Waals surface area contributed by atoms with Crippen molar-refractivity contribution in [1.29, 1.82) is 0 Å². The maximum absolute atomic E-state index is 12.6. The number of carbonyl (C=O) groups excluding carboxylic acids is 2. The van der Waals surface area contributed by atoms with Crippen molar-refractivity contribution in [3.63, 3.8) is 0 Å². The van der Waals surface area contributed by atoms with Crippen LogP contribution in [0.5, 0.6) is 0 Å². The first-order chi connectivity index (χ1) is 14.8. The molecule has 0 aromatic rings. The van der Waals surface area contributed by atoms with Gasteiger partial charge in [0.1, 0.15) is 0 Å². The Labute approximate surface area is 186 Å². The lowest BCUT2D eigenvalue weighted by molar-refractivity contribution is -0.149. The summed E-state index contributed by atoms with van der Waals surface area (Å²) in [5.74, 6) is 0.138. The smallest absolute Gasteiger partial charge is 0.308 e. The van der Waals surface area contributed by atoms with Crippen LogP contribution < -0.4 is 0 Å². The van der Waals surface area contributed by atoms with Gasteiger partial charge in [-0.3, -0.25) is 9.59 Å². The predicted molar refractivity (Wildman–Crippen MR) is 126 cm³/mol. The molecule has 0 unspecified atom stereocenters. The second-order valence-electron chi connectivity index (χ2n) is 8.71. The molecule has 0 N–H and O–H groups in total.